The highest BCUT2D eigenvalue weighted by Crippen LogP contribution is 2.25. The Labute approximate surface area is 198 Å². The standard InChI is InChI=1S/C25H25FN2O5S/c1-2-32-22-12-10-21(11-13-22)27-34(30,31)23-5-3-4-19(16-23)25(29)28-14-15-33-24(17-28)18-6-8-20(26)9-7-18/h3-13,16,24,27H,2,14-15,17H2,1H3. The molecule has 7 nitrogen and oxygen atoms in total. The summed E-state index contributed by atoms with van der Waals surface area (Å²) in [5.74, 6) is 0.000357. The first-order chi connectivity index (χ1) is 16.4. The van der Waals surface area contributed by atoms with Gasteiger partial charge in [0.15, 0.2) is 0 Å². The number of sulfonamides is 1. The van der Waals surface area contributed by atoms with Gasteiger partial charge in [-0.05, 0) is 67.1 Å². The van der Waals surface area contributed by atoms with Gasteiger partial charge in [-0.1, -0.05) is 18.2 Å². The van der Waals surface area contributed by atoms with Crippen LogP contribution in [-0.2, 0) is 14.8 Å². The number of nitrogens with zero attached hydrogens (tertiary/aromatic N) is 1. The second-order valence-corrected chi connectivity index (χ2v) is 9.44. The van der Waals surface area contributed by atoms with Crippen molar-refractivity contribution in [3.8, 4) is 5.75 Å². The van der Waals surface area contributed by atoms with Gasteiger partial charge in [0.05, 0.1) is 24.7 Å². The Morgan fingerprint density at radius 2 is 1.85 bits per heavy atom. The van der Waals surface area contributed by atoms with Crippen LogP contribution in [0.25, 0.3) is 0 Å². The van der Waals surface area contributed by atoms with Crippen molar-refractivity contribution in [2.45, 2.75) is 17.9 Å². The topological polar surface area (TPSA) is 84.9 Å². The molecule has 1 fully saturated rings. The van der Waals surface area contributed by atoms with Crippen molar-refractivity contribution in [3.05, 3.63) is 89.7 Å². The SMILES string of the molecule is CCOc1ccc(NS(=O)(=O)c2cccc(C(=O)N3CCOC(c4ccc(F)cc4)C3)c2)cc1. The molecule has 0 aliphatic carbocycles. The van der Waals surface area contributed by atoms with E-state index in [-0.39, 0.29) is 34.8 Å². The molecule has 9 heteroatoms. The third kappa shape index (κ3) is 5.55. The molecule has 1 aliphatic rings. The minimum Gasteiger partial charge on any atom is -0.494 e. The maximum Gasteiger partial charge on any atom is 0.261 e. The molecule has 3 aromatic carbocycles. The average molecular weight is 485 g/mol. The molecule has 1 unspecified atom stereocenters. The summed E-state index contributed by atoms with van der Waals surface area (Å²) in [5, 5.41) is 0. The number of carbonyl (C=O) groups is 1. The lowest BCUT2D eigenvalue weighted by atomic mass is 10.1. The number of rotatable bonds is 7. The fraction of sp³-hybridized carbons (Fsp3) is 0.240. The fourth-order valence-electron chi connectivity index (χ4n) is 3.69. The zero-order chi connectivity index (χ0) is 24.1. The Kier molecular flexibility index (Phi) is 7.14. The van der Waals surface area contributed by atoms with Crippen molar-refractivity contribution in [2.75, 3.05) is 31.0 Å². The van der Waals surface area contributed by atoms with E-state index in [0.29, 0.717) is 31.2 Å². The van der Waals surface area contributed by atoms with Crippen LogP contribution in [0.15, 0.2) is 77.7 Å². The molecule has 1 saturated heterocycles. The quantitative estimate of drug-likeness (QED) is 0.542. The number of hydrogen-bond donors (Lipinski definition) is 1. The zero-order valence-electron chi connectivity index (χ0n) is 18.6. The summed E-state index contributed by atoms with van der Waals surface area (Å²) in [6.07, 6.45) is -0.383. The summed E-state index contributed by atoms with van der Waals surface area (Å²) in [6, 6.07) is 18.5. The zero-order valence-corrected chi connectivity index (χ0v) is 19.4. The normalized spacial score (nSPS) is 16.2. The molecule has 178 valence electrons. The molecule has 0 radical (unpaired) electrons. The minimum atomic E-state index is -3.90. The van der Waals surface area contributed by atoms with Crippen LogP contribution >= 0.6 is 0 Å². The molecule has 1 atom stereocenters. The molecule has 1 heterocycles. The molecule has 3 aromatic rings. The van der Waals surface area contributed by atoms with Crippen LogP contribution in [0.3, 0.4) is 0 Å². The molecule has 0 bridgehead atoms. The van der Waals surface area contributed by atoms with E-state index in [1.54, 1.807) is 47.4 Å². The van der Waals surface area contributed by atoms with Crippen molar-refractivity contribution in [1.29, 1.82) is 0 Å². The largest absolute Gasteiger partial charge is 0.494 e. The molecule has 34 heavy (non-hydrogen) atoms. The van der Waals surface area contributed by atoms with Crippen molar-refractivity contribution >= 4 is 21.6 Å². The molecule has 0 aromatic heterocycles. The van der Waals surface area contributed by atoms with Crippen molar-refractivity contribution < 1.29 is 27.1 Å². The third-order valence-electron chi connectivity index (χ3n) is 5.40. The maximum atomic E-state index is 13.2. The van der Waals surface area contributed by atoms with Gasteiger partial charge in [-0.25, -0.2) is 12.8 Å². The van der Waals surface area contributed by atoms with E-state index in [1.807, 2.05) is 6.92 Å². The van der Waals surface area contributed by atoms with Crippen molar-refractivity contribution in [1.82, 2.24) is 4.90 Å². The number of hydrogen-bond acceptors (Lipinski definition) is 5. The van der Waals surface area contributed by atoms with Crippen LogP contribution in [0.1, 0.15) is 28.9 Å². The van der Waals surface area contributed by atoms with Crippen LogP contribution in [0.5, 0.6) is 5.75 Å². The minimum absolute atomic E-state index is 0.0180. The fourth-order valence-corrected chi connectivity index (χ4v) is 4.80. The predicted molar refractivity (Wildman–Crippen MR) is 126 cm³/mol. The van der Waals surface area contributed by atoms with Gasteiger partial charge < -0.3 is 14.4 Å². The van der Waals surface area contributed by atoms with E-state index in [9.17, 15) is 17.6 Å². The number of morpholine rings is 1. The number of anilines is 1. The third-order valence-corrected chi connectivity index (χ3v) is 6.78. The number of halogens is 1. The number of carbonyl (C=O) groups excluding carboxylic acids is 1. The number of ether oxygens (including phenoxy) is 2. The number of nitrogens with one attached hydrogen (secondary N) is 1. The lowest BCUT2D eigenvalue weighted by molar-refractivity contribution is -0.0228. The van der Waals surface area contributed by atoms with E-state index < -0.39 is 10.0 Å². The lowest BCUT2D eigenvalue weighted by Crippen LogP contribution is -2.42. The van der Waals surface area contributed by atoms with Gasteiger partial charge in [0.1, 0.15) is 17.7 Å². The molecular weight excluding hydrogens is 459 g/mol. The summed E-state index contributed by atoms with van der Waals surface area (Å²) < 4.78 is 52.7. The van der Waals surface area contributed by atoms with Gasteiger partial charge in [0, 0.05) is 17.8 Å². The average Bonchev–Trinajstić information content (AvgIpc) is 2.85. The monoisotopic (exact) mass is 484 g/mol. The van der Waals surface area contributed by atoms with Gasteiger partial charge in [-0.3, -0.25) is 9.52 Å². The van der Waals surface area contributed by atoms with E-state index in [4.69, 9.17) is 9.47 Å². The van der Waals surface area contributed by atoms with E-state index in [2.05, 4.69) is 4.72 Å². The summed E-state index contributed by atoms with van der Waals surface area (Å²) >= 11 is 0. The van der Waals surface area contributed by atoms with Crippen LogP contribution in [-0.4, -0.2) is 45.5 Å². The highest BCUT2D eigenvalue weighted by Gasteiger charge is 2.27. The highest BCUT2D eigenvalue weighted by molar-refractivity contribution is 7.92. The Bertz CT molecular complexity index is 1250. The van der Waals surface area contributed by atoms with Crippen LogP contribution in [0, 0.1) is 5.82 Å². The summed E-state index contributed by atoms with van der Waals surface area (Å²) in [7, 11) is -3.90. The molecule has 4 rings (SSSR count). The van der Waals surface area contributed by atoms with E-state index >= 15 is 0 Å². The molecule has 0 spiro atoms. The number of benzene rings is 3. The summed E-state index contributed by atoms with van der Waals surface area (Å²) in [6.45, 7) is 3.36. The van der Waals surface area contributed by atoms with Gasteiger partial charge >= 0.3 is 0 Å². The maximum absolute atomic E-state index is 13.2. The smallest absolute Gasteiger partial charge is 0.261 e. The van der Waals surface area contributed by atoms with Gasteiger partial charge in [-0.15, -0.1) is 0 Å². The first-order valence-corrected chi connectivity index (χ1v) is 12.4. The summed E-state index contributed by atoms with van der Waals surface area (Å²) in [4.78, 5) is 14.7. The number of amides is 1. The van der Waals surface area contributed by atoms with Crippen LogP contribution < -0.4 is 9.46 Å². The molecule has 0 saturated carbocycles. The first-order valence-electron chi connectivity index (χ1n) is 10.9. The van der Waals surface area contributed by atoms with Crippen LogP contribution in [0.4, 0.5) is 10.1 Å². The Morgan fingerprint density at radius 1 is 1.12 bits per heavy atom. The van der Waals surface area contributed by atoms with Gasteiger partial charge in [0.2, 0.25) is 0 Å². The van der Waals surface area contributed by atoms with E-state index in [1.165, 1.54) is 30.3 Å². The van der Waals surface area contributed by atoms with Crippen LogP contribution in [0.2, 0.25) is 0 Å². The summed E-state index contributed by atoms with van der Waals surface area (Å²) in [5.41, 5.74) is 1.42. The Hall–Kier alpha value is -3.43. The van der Waals surface area contributed by atoms with E-state index in [0.717, 1.165) is 5.56 Å². The molecule has 1 N–H and O–H groups in total. The molecule has 1 aliphatic heterocycles. The van der Waals surface area contributed by atoms with Crippen molar-refractivity contribution in [3.63, 3.8) is 0 Å². The van der Waals surface area contributed by atoms with Gasteiger partial charge in [0.25, 0.3) is 15.9 Å². The highest BCUT2D eigenvalue weighted by atomic mass is 32.2. The Balaban J connectivity index is 1.48. The first kappa shape index (κ1) is 23.7. The van der Waals surface area contributed by atoms with Crippen molar-refractivity contribution in [2.24, 2.45) is 0 Å². The van der Waals surface area contributed by atoms with Gasteiger partial charge in [-0.2, -0.15) is 0 Å². The molecular formula is C25H25FN2O5S. The second-order valence-electron chi connectivity index (χ2n) is 7.75. The Morgan fingerprint density at radius 3 is 2.56 bits per heavy atom. The second kappa shape index (κ2) is 10.2. The predicted octanol–water partition coefficient (Wildman–Crippen LogP) is 4.24. The molecule has 1 amide bonds. The lowest BCUT2D eigenvalue weighted by Gasteiger charge is -2.33.